The normalized spacial score (nSPS) is 11.2. The van der Waals surface area contributed by atoms with E-state index in [1.54, 1.807) is 0 Å². The maximum absolute atomic E-state index is 11.4. The van der Waals surface area contributed by atoms with Crippen molar-refractivity contribution in [2.24, 2.45) is 5.92 Å². The largest absolute Gasteiger partial charge is 2.00 e. The molecule has 0 amide bonds. The molecule has 0 aliphatic rings. The Bertz CT molecular complexity index is 796. The fourth-order valence-electron chi connectivity index (χ4n) is 1.71. The number of aliphatic hydroxyl groups is 1. The predicted molar refractivity (Wildman–Crippen MR) is 111 cm³/mol. The van der Waals surface area contributed by atoms with Crippen LogP contribution >= 0.6 is 0 Å². The quantitative estimate of drug-likeness (QED) is 0.266. The summed E-state index contributed by atoms with van der Waals surface area (Å²) < 4.78 is 9.33. The van der Waals surface area contributed by atoms with Gasteiger partial charge in [0.2, 0.25) is 0 Å². The minimum atomic E-state index is -1.42. The summed E-state index contributed by atoms with van der Waals surface area (Å²) in [7, 11) is 0. The van der Waals surface area contributed by atoms with Crippen LogP contribution in [0.25, 0.3) is 0 Å². The number of ketones is 1. The molecule has 0 heterocycles. The van der Waals surface area contributed by atoms with E-state index >= 15 is 0 Å². The van der Waals surface area contributed by atoms with Gasteiger partial charge >= 0.3 is 46.9 Å². The first-order chi connectivity index (χ1) is 14.0. The van der Waals surface area contributed by atoms with Crippen molar-refractivity contribution in [2.45, 2.75) is 13.0 Å². The molecule has 1 aromatic carbocycles. The van der Waals surface area contributed by atoms with Gasteiger partial charge in [-0.05, 0) is 25.1 Å². The van der Waals surface area contributed by atoms with E-state index in [0.717, 1.165) is 12.2 Å². The number of carbonyl (C=O) groups is 5. The number of benzene rings is 1. The molecule has 0 saturated carbocycles. The second-order valence-corrected chi connectivity index (χ2v) is 5.64. The van der Waals surface area contributed by atoms with E-state index in [4.69, 9.17) is 10.2 Å². The standard InChI is InChI=1S/C12H16O6.C8H6O4.Mg.2H/c1-4-9(13)10(14)7-18-12(16)8(3)6-17-11(15)5-2;9-7(10)5-3-1-2-4-6(5)8(11)12;;;/h4-5,8,10,14H,1-2,6-7H2,3H3;1-4H,(H,9,10)(H,11,12);;;/q;;+2;2*-1. The van der Waals surface area contributed by atoms with Gasteiger partial charge in [-0.3, -0.25) is 9.59 Å². The summed E-state index contributed by atoms with van der Waals surface area (Å²) in [6.07, 6.45) is 0.493. The van der Waals surface area contributed by atoms with Crippen LogP contribution in [0.5, 0.6) is 0 Å². The van der Waals surface area contributed by atoms with E-state index < -0.39 is 48.3 Å². The van der Waals surface area contributed by atoms with Crippen molar-refractivity contribution in [2.75, 3.05) is 13.2 Å². The van der Waals surface area contributed by atoms with Gasteiger partial charge in [0.05, 0.1) is 17.0 Å². The average molecular weight is 449 g/mol. The molecule has 0 fully saturated rings. The SMILES string of the molecule is C=CC(=O)OCC(C)C(=O)OCC(O)C(=O)C=C.O=C(O)c1ccccc1C(=O)O.[H-].[H-].[Mg+2]. The molecule has 0 radical (unpaired) electrons. The number of ether oxygens (including phenoxy) is 2. The number of hydrogen-bond acceptors (Lipinski definition) is 8. The number of aliphatic hydroxyl groups excluding tert-OH is 1. The summed E-state index contributed by atoms with van der Waals surface area (Å²) >= 11 is 0. The molecule has 2 atom stereocenters. The molecular formula is C20H24MgO10. The zero-order valence-corrected chi connectivity index (χ0v) is 18.3. The van der Waals surface area contributed by atoms with Crippen LogP contribution < -0.4 is 0 Å². The average Bonchev–Trinajstić information content (AvgIpc) is 2.74. The van der Waals surface area contributed by atoms with Crippen LogP contribution in [0, 0.1) is 5.92 Å². The van der Waals surface area contributed by atoms with Crippen LogP contribution in [0.3, 0.4) is 0 Å². The van der Waals surface area contributed by atoms with Gasteiger partial charge in [-0.25, -0.2) is 14.4 Å². The molecular weight excluding hydrogens is 425 g/mol. The fraction of sp³-hybridized carbons (Fsp3) is 0.250. The molecule has 0 aliphatic heterocycles. The molecule has 0 aliphatic carbocycles. The molecule has 0 bridgehead atoms. The summed E-state index contributed by atoms with van der Waals surface area (Å²) in [6, 6.07) is 5.48. The smallest absolute Gasteiger partial charge is 1.00 e. The number of hydrogen-bond donors (Lipinski definition) is 3. The Morgan fingerprint density at radius 1 is 0.968 bits per heavy atom. The van der Waals surface area contributed by atoms with E-state index in [-0.39, 0.29) is 43.6 Å². The van der Waals surface area contributed by atoms with E-state index in [2.05, 4.69) is 22.6 Å². The molecule has 3 N–H and O–H groups in total. The van der Waals surface area contributed by atoms with Crippen molar-refractivity contribution in [3.63, 3.8) is 0 Å². The van der Waals surface area contributed by atoms with Gasteiger partial charge in [0.1, 0.15) is 13.2 Å². The number of aromatic carboxylic acids is 2. The molecule has 10 nitrogen and oxygen atoms in total. The van der Waals surface area contributed by atoms with Crippen LogP contribution in [0.15, 0.2) is 49.6 Å². The summed E-state index contributed by atoms with van der Waals surface area (Å²) in [4.78, 5) is 54.0. The van der Waals surface area contributed by atoms with Crippen LogP contribution in [-0.2, 0) is 23.9 Å². The maximum Gasteiger partial charge on any atom is 2.00 e. The molecule has 0 aromatic heterocycles. The number of carboxylic acids is 2. The summed E-state index contributed by atoms with van der Waals surface area (Å²) in [5.74, 6) is -5.10. The third-order valence-corrected chi connectivity index (χ3v) is 3.35. The predicted octanol–water partition coefficient (Wildman–Crippen LogP) is 0.938. The number of carboxylic acid groups (broad SMARTS) is 2. The van der Waals surface area contributed by atoms with Gasteiger partial charge in [0.15, 0.2) is 11.9 Å². The Balaban J connectivity index is -0.000000247. The molecule has 1 aromatic rings. The molecule has 0 saturated heterocycles. The number of esters is 2. The zero-order chi connectivity index (χ0) is 23.3. The Hall–Kier alpha value is -3.02. The Labute approximate surface area is 197 Å². The first-order valence-corrected chi connectivity index (χ1v) is 8.40. The van der Waals surface area contributed by atoms with Crippen molar-refractivity contribution in [3.8, 4) is 0 Å². The van der Waals surface area contributed by atoms with Crippen molar-refractivity contribution in [1.29, 1.82) is 0 Å². The second-order valence-electron chi connectivity index (χ2n) is 5.64. The first-order valence-electron chi connectivity index (χ1n) is 8.40. The zero-order valence-electron chi connectivity index (χ0n) is 18.9. The van der Waals surface area contributed by atoms with Gasteiger partial charge in [-0.15, -0.1) is 0 Å². The Kier molecular flexibility index (Phi) is 15.3. The molecule has 31 heavy (non-hydrogen) atoms. The minimum absolute atomic E-state index is 0. The monoisotopic (exact) mass is 448 g/mol. The number of rotatable bonds is 10. The van der Waals surface area contributed by atoms with E-state index in [1.807, 2.05) is 0 Å². The van der Waals surface area contributed by atoms with Gasteiger partial charge < -0.3 is 27.6 Å². The topological polar surface area (TPSA) is 164 Å². The summed E-state index contributed by atoms with van der Waals surface area (Å²) in [5.41, 5.74) is -0.380. The fourth-order valence-corrected chi connectivity index (χ4v) is 1.71. The van der Waals surface area contributed by atoms with Gasteiger partial charge in [0, 0.05) is 6.08 Å². The second kappa shape index (κ2) is 15.8. The van der Waals surface area contributed by atoms with Crippen molar-refractivity contribution >= 4 is 52.7 Å². The maximum atomic E-state index is 11.4. The van der Waals surface area contributed by atoms with Gasteiger partial charge in [0.25, 0.3) is 0 Å². The Morgan fingerprint density at radius 2 is 1.45 bits per heavy atom. The van der Waals surface area contributed by atoms with Crippen molar-refractivity contribution < 1.29 is 51.6 Å². The van der Waals surface area contributed by atoms with E-state index in [1.165, 1.54) is 31.2 Å². The third kappa shape index (κ3) is 11.7. The van der Waals surface area contributed by atoms with E-state index in [0.29, 0.717) is 0 Å². The van der Waals surface area contributed by atoms with Crippen LogP contribution in [0.4, 0.5) is 0 Å². The third-order valence-electron chi connectivity index (χ3n) is 3.35. The first kappa shape index (κ1) is 30.2. The van der Waals surface area contributed by atoms with Gasteiger partial charge in [-0.1, -0.05) is 25.3 Å². The minimum Gasteiger partial charge on any atom is -1.00 e. The van der Waals surface area contributed by atoms with Crippen LogP contribution in [-0.4, -0.2) is 87.4 Å². The summed E-state index contributed by atoms with van der Waals surface area (Å²) in [5, 5.41) is 26.3. The van der Waals surface area contributed by atoms with Gasteiger partial charge in [-0.2, -0.15) is 0 Å². The Morgan fingerprint density at radius 3 is 1.84 bits per heavy atom. The summed E-state index contributed by atoms with van der Waals surface area (Å²) in [6.45, 7) is 7.26. The van der Waals surface area contributed by atoms with Crippen LogP contribution in [0.1, 0.15) is 30.5 Å². The number of carbonyl (C=O) groups excluding carboxylic acids is 3. The molecule has 166 valence electrons. The van der Waals surface area contributed by atoms with Crippen molar-refractivity contribution in [3.05, 3.63) is 60.7 Å². The molecule has 11 heteroatoms. The van der Waals surface area contributed by atoms with Crippen LogP contribution in [0.2, 0.25) is 0 Å². The molecule has 2 unspecified atom stereocenters. The van der Waals surface area contributed by atoms with Crippen molar-refractivity contribution in [1.82, 2.24) is 0 Å². The molecule has 1 rings (SSSR count). The van der Waals surface area contributed by atoms with E-state index in [9.17, 15) is 29.1 Å². The molecule has 0 spiro atoms.